The predicted octanol–water partition coefficient (Wildman–Crippen LogP) is 4.19. The van der Waals surface area contributed by atoms with Gasteiger partial charge in [0.05, 0.1) is 4.88 Å². The first-order valence-corrected chi connectivity index (χ1v) is 6.25. The van der Waals surface area contributed by atoms with Gasteiger partial charge >= 0.3 is 0 Å². The zero-order valence-electron chi connectivity index (χ0n) is 8.46. The van der Waals surface area contributed by atoms with E-state index in [9.17, 15) is 9.18 Å². The van der Waals surface area contributed by atoms with Crippen LogP contribution < -0.4 is 0 Å². The van der Waals surface area contributed by atoms with Crippen molar-refractivity contribution in [1.29, 1.82) is 0 Å². The van der Waals surface area contributed by atoms with E-state index < -0.39 is 5.82 Å². The third kappa shape index (κ3) is 2.23. The van der Waals surface area contributed by atoms with Gasteiger partial charge in [-0.2, -0.15) is 0 Å². The second-order valence-electron chi connectivity index (χ2n) is 3.37. The zero-order chi connectivity index (χ0) is 11.7. The minimum Gasteiger partial charge on any atom is -0.288 e. The van der Waals surface area contributed by atoms with Gasteiger partial charge in [0.25, 0.3) is 0 Å². The van der Waals surface area contributed by atoms with Crippen molar-refractivity contribution in [2.45, 2.75) is 6.92 Å². The van der Waals surface area contributed by atoms with Crippen LogP contribution >= 0.6 is 27.3 Å². The standard InChI is InChI=1S/C12H8BrFOS/c1-7-5-10(13)12(16-7)11(15)8-3-2-4-9(14)6-8/h2-6H,1H3. The highest BCUT2D eigenvalue weighted by atomic mass is 79.9. The van der Waals surface area contributed by atoms with E-state index in [0.29, 0.717) is 10.4 Å². The molecule has 0 radical (unpaired) electrons. The minimum absolute atomic E-state index is 0.149. The molecule has 0 N–H and O–H groups in total. The summed E-state index contributed by atoms with van der Waals surface area (Å²) >= 11 is 4.73. The van der Waals surface area contributed by atoms with E-state index in [1.807, 2.05) is 13.0 Å². The van der Waals surface area contributed by atoms with Crippen LogP contribution in [0.25, 0.3) is 0 Å². The number of halogens is 2. The fourth-order valence-corrected chi connectivity index (χ4v) is 3.18. The van der Waals surface area contributed by atoms with Gasteiger partial charge in [0.2, 0.25) is 5.78 Å². The number of hydrogen-bond donors (Lipinski definition) is 0. The summed E-state index contributed by atoms with van der Waals surface area (Å²) in [6, 6.07) is 7.62. The first kappa shape index (κ1) is 11.5. The van der Waals surface area contributed by atoms with E-state index in [0.717, 1.165) is 9.35 Å². The Morgan fingerprint density at radius 1 is 1.38 bits per heavy atom. The number of hydrogen-bond acceptors (Lipinski definition) is 2. The maximum Gasteiger partial charge on any atom is 0.204 e. The molecule has 1 heterocycles. The Morgan fingerprint density at radius 2 is 2.12 bits per heavy atom. The summed E-state index contributed by atoms with van der Waals surface area (Å²) in [6.45, 7) is 1.93. The molecule has 0 spiro atoms. The second-order valence-corrected chi connectivity index (χ2v) is 5.48. The smallest absolute Gasteiger partial charge is 0.204 e. The molecule has 16 heavy (non-hydrogen) atoms. The maximum absolute atomic E-state index is 13.0. The number of benzene rings is 1. The van der Waals surface area contributed by atoms with Gasteiger partial charge in [-0.1, -0.05) is 12.1 Å². The molecule has 0 aliphatic carbocycles. The Bertz CT molecular complexity index is 548. The van der Waals surface area contributed by atoms with Crippen LogP contribution in [0.5, 0.6) is 0 Å². The van der Waals surface area contributed by atoms with Crippen molar-refractivity contribution in [3.8, 4) is 0 Å². The minimum atomic E-state index is -0.393. The van der Waals surface area contributed by atoms with Gasteiger partial charge in [-0.25, -0.2) is 4.39 Å². The number of ketones is 1. The van der Waals surface area contributed by atoms with E-state index in [1.54, 1.807) is 6.07 Å². The molecule has 0 atom stereocenters. The zero-order valence-corrected chi connectivity index (χ0v) is 10.9. The largest absolute Gasteiger partial charge is 0.288 e. The lowest BCUT2D eigenvalue weighted by molar-refractivity contribution is 0.104. The van der Waals surface area contributed by atoms with Crippen LogP contribution in [0.1, 0.15) is 20.1 Å². The van der Waals surface area contributed by atoms with Gasteiger partial charge in [-0.15, -0.1) is 11.3 Å². The normalized spacial score (nSPS) is 10.4. The van der Waals surface area contributed by atoms with Crippen molar-refractivity contribution in [2.75, 3.05) is 0 Å². The van der Waals surface area contributed by atoms with Gasteiger partial charge in [-0.3, -0.25) is 4.79 Å². The van der Waals surface area contributed by atoms with E-state index >= 15 is 0 Å². The molecule has 0 amide bonds. The van der Waals surface area contributed by atoms with E-state index in [-0.39, 0.29) is 5.78 Å². The van der Waals surface area contributed by atoms with E-state index in [1.165, 1.54) is 29.5 Å². The van der Waals surface area contributed by atoms with E-state index in [4.69, 9.17) is 0 Å². The Labute approximate surface area is 105 Å². The quantitative estimate of drug-likeness (QED) is 0.760. The molecule has 0 saturated heterocycles. The average Bonchev–Trinajstić information content (AvgIpc) is 2.57. The summed E-state index contributed by atoms with van der Waals surface area (Å²) in [4.78, 5) is 13.7. The average molecular weight is 299 g/mol. The Balaban J connectivity index is 2.43. The monoisotopic (exact) mass is 298 g/mol. The molecule has 1 aromatic heterocycles. The Kier molecular flexibility index (Phi) is 3.21. The van der Waals surface area contributed by atoms with Gasteiger partial charge in [0.15, 0.2) is 0 Å². The summed E-state index contributed by atoms with van der Waals surface area (Å²) in [5, 5.41) is 0. The lowest BCUT2D eigenvalue weighted by atomic mass is 10.1. The maximum atomic E-state index is 13.0. The third-order valence-electron chi connectivity index (χ3n) is 2.10. The van der Waals surface area contributed by atoms with Crippen molar-refractivity contribution in [3.05, 3.63) is 55.9 Å². The van der Waals surface area contributed by atoms with Crippen molar-refractivity contribution in [3.63, 3.8) is 0 Å². The lowest BCUT2D eigenvalue weighted by Crippen LogP contribution is -1.99. The molecule has 82 valence electrons. The summed E-state index contributed by atoms with van der Waals surface area (Å²) < 4.78 is 13.8. The van der Waals surface area contributed by atoms with Crippen molar-refractivity contribution >= 4 is 33.0 Å². The number of aryl methyl sites for hydroxylation is 1. The van der Waals surface area contributed by atoms with Crippen molar-refractivity contribution in [1.82, 2.24) is 0 Å². The van der Waals surface area contributed by atoms with Crippen molar-refractivity contribution in [2.24, 2.45) is 0 Å². The predicted molar refractivity (Wildman–Crippen MR) is 66.6 cm³/mol. The SMILES string of the molecule is Cc1cc(Br)c(C(=O)c2cccc(F)c2)s1. The Morgan fingerprint density at radius 3 is 2.69 bits per heavy atom. The fourth-order valence-electron chi connectivity index (χ4n) is 1.40. The summed E-state index contributed by atoms with van der Waals surface area (Å²) in [6.07, 6.45) is 0. The first-order valence-electron chi connectivity index (χ1n) is 4.64. The van der Waals surface area contributed by atoms with Crippen molar-refractivity contribution < 1.29 is 9.18 Å². The van der Waals surface area contributed by atoms with Gasteiger partial charge in [0, 0.05) is 14.9 Å². The number of carbonyl (C=O) groups is 1. The van der Waals surface area contributed by atoms with Gasteiger partial charge < -0.3 is 0 Å². The lowest BCUT2D eigenvalue weighted by Gasteiger charge is -1.99. The highest BCUT2D eigenvalue weighted by molar-refractivity contribution is 9.10. The fraction of sp³-hybridized carbons (Fsp3) is 0.0833. The van der Waals surface area contributed by atoms with Crippen LogP contribution in [0.2, 0.25) is 0 Å². The Hall–Kier alpha value is -1.00. The highest BCUT2D eigenvalue weighted by Crippen LogP contribution is 2.29. The molecule has 0 unspecified atom stereocenters. The van der Waals surface area contributed by atoms with Crippen LogP contribution in [0, 0.1) is 12.7 Å². The molecule has 1 nitrogen and oxygen atoms in total. The molecule has 2 aromatic rings. The van der Waals surface area contributed by atoms with Gasteiger partial charge in [0.1, 0.15) is 5.82 Å². The molecular weight excluding hydrogens is 291 g/mol. The first-order chi connectivity index (χ1) is 7.58. The molecule has 0 aliphatic rings. The molecule has 0 bridgehead atoms. The van der Waals surface area contributed by atoms with Crippen LogP contribution in [0.3, 0.4) is 0 Å². The van der Waals surface area contributed by atoms with E-state index in [2.05, 4.69) is 15.9 Å². The van der Waals surface area contributed by atoms with Crippen LogP contribution in [-0.4, -0.2) is 5.78 Å². The third-order valence-corrected chi connectivity index (χ3v) is 4.04. The molecule has 0 fully saturated rings. The summed E-state index contributed by atoms with van der Waals surface area (Å²) in [7, 11) is 0. The number of rotatable bonds is 2. The second kappa shape index (κ2) is 4.47. The molecule has 4 heteroatoms. The number of thiophene rings is 1. The molecule has 2 rings (SSSR count). The molecular formula is C12H8BrFOS. The van der Waals surface area contributed by atoms with Crippen LogP contribution in [0.4, 0.5) is 4.39 Å². The molecule has 0 aliphatic heterocycles. The van der Waals surface area contributed by atoms with Crippen LogP contribution in [0.15, 0.2) is 34.8 Å². The number of carbonyl (C=O) groups excluding carboxylic acids is 1. The molecule has 1 aromatic carbocycles. The van der Waals surface area contributed by atoms with Gasteiger partial charge in [-0.05, 0) is 41.1 Å². The highest BCUT2D eigenvalue weighted by Gasteiger charge is 2.15. The van der Waals surface area contributed by atoms with Crippen LogP contribution in [-0.2, 0) is 0 Å². The summed E-state index contributed by atoms with van der Waals surface area (Å²) in [5.41, 5.74) is 0.377. The molecule has 0 saturated carbocycles. The topological polar surface area (TPSA) is 17.1 Å². The summed E-state index contributed by atoms with van der Waals surface area (Å²) in [5.74, 6) is -0.542.